The van der Waals surface area contributed by atoms with Gasteiger partial charge in [0.1, 0.15) is 11.6 Å². The molecule has 1 N–H and O–H groups in total. The number of rotatable bonds is 8. The fraction of sp³-hybridized carbons (Fsp3) is 0.423. The maximum absolute atomic E-state index is 13.1. The van der Waals surface area contributed by atoms with Crippen LogP contribution in [0.15, 0.2) is 47.3 Å². The molecule has 33 heavy (non-hydrogen) atoms. The summed E-state index contributed by atoms with van der Waals surface area (Å²) < 4.78 is 11.6. The molecule has 4 rings (SSSR count). The van der Waals surface area contributed by atoms with Crippen molar-refractivity contribution in [3.63, 3.8) is 0 Å². The Hall–Kier alpha value is -3.19. The predicted octanol–water partition coefficient (Wildman–Crippen LogP) is 3.94. The lowest BCUT2D eigenvalue weighted by Gasteiger charge is -2.25. The number of amides is 1. The van der Waals surface area contributed by atoms with E-state index in [1.807, 2.05) is 24.3 Å². The summed E-state index contributed by atoms with van der Waals surface area (Å²) in [5, 5.41) is 0.529. The lowest BCUT2D eigenvalue weighted by Crippen LogP contribution is -2.40. The van der Waals surface area contributed by atoms with E-state index in [0.717, 1.165) is 18.4 Å². The number of H-pyrrole nitrogens is 1. The summed E-state index contributed by atoms with van der Waals surface area (Å²) >= 11 is 0. The lowest BCUT2D eigenvalue weighted by molar-refractivity contribution is -0.135. The fourth-order valence-corrected chi connectivity index (χ4v) is 4.30. The summed E-state index contributed by atoms with van der Waals surface area (Å²) in [5.74, 6) is 1.37. The van der Waals surface area contributed by atoms with E-state index in [0.29, 0.717) is 41.5 Å². The van der Waals surface area contributed by atoms with Gasteiger partial charge in [0.05, 0.1) is 23.6 Å². The van der Waals surface area contributed by atoms with Gasteiger partial charge >= 0.3 is 0 Å². The van der Waals surface area contributed by atoms with Gasteiger partial charge in [-0.2, -0.15) is 0 Å². The standard InChI is InChI=1S/C26H31N3O4/c1-17(2)21-11-10-19(13-18(21)3)33-16-25(30)29(14-20-7-6-12-32-20)15-24-27-23-9-5-4-8-22(23)26(31)28-24/h4-5,8-11,13,17,20H,6-7,12,14-16H2,1-3H3,(H,27,28,31). The molecule has 7 nitrogen and oxygen atoms in total. The number of benzene rings is 2. The molecule has 1 aromatic heterocycles. The monoisotopic (exact) mass is 449 g/mol. The number of hydrogen-bond donors (Lipinski definition) is 1. The molecule has 1 fully saturated rings. The second kappa shape index (κ2) is 10.2. The molecule has 0 bridgehead atoms. The van der Waals surface area contributed by atoms with Gasteiger partial charge in [-0.05, 0) is 61.1 Å². The van der Waals surface area contributed by atoms with Gasteiger partial charge < -0.3 is 19.4 Å². The van der Waals surface area contributed by atoms with Crippen molar-refractivity contribution in [1.29, 1.82) is 0 Å². The quantitative estimate of drug-likeness (QED) is 0.563. The zero-order chi connectivity index (χ0) is 23.4. The van der Waals surface area contributed by atoms with E-state index < -0.39 is 0 Å². The first kappa shape index (κ1) is 23.0. The molecule has 0 spiro atoms. The van der Waals surface area contributed by atoms with E-state index in [-0.39, 0.29) is 30.7 Å². The number of aryl methyl sites for hydroxylation is 1. The second-order valence-electron chi connectivity index (χ2n) is 8.90. The number of carbonyl (C=O) groups is 1. The van der Waals surface area contributed by atoms with Crippen molar-refractivity contribution in [3.05, 3.63) is 69.8 Å². The van der Waals surface area contributed by atoms with Crippen molar-refractivity contribution in [3.8, 4) is 5.75 Å². The van der Waals surface area contributed by atoms with E-state index in [1.54, 1.807) is 23.1 Å². The van der Waals surface area contributed by atoms with Gasteiger partial charge in [0, 0.05) is 13.2 Å². The van der Waals surface area contributed by atoms with Crippen LogP contribution in [-0.2, 0) is 16.1 Å². The molecule has 2 aromatic carbocycles. The smallest absolute Gasteiger partial charge is 0.261 e. The van der Waals surface area contributed by atoms with Gasteiger partial charge in [-0.25, -0.2) is 4.98 Å². The van der Waals surface area contributed by atoms with Gasteiger partial charge in [-0.15, -0.1) is 0 Å². The number of nitrogens with one attached hydrogen (secondary N) is 1. The SMILES string of the molecule is Cc1cc(OCC(=O)N(Cc2nc3ccccc3c(=O)[nH]2)CC2CCCO2)ccc1C(C)C. The third kappa shape index (κ3) is 5.60. The first-order chi connectivity index (χ1) is 15.9. The molecule has 0 radical (unpaired) electrons. The van der Waals surface area contributed by atoms with Gasteiger partial charge in [0.15, 0.2) is 6.61 Å². The number of aromatic amines is 1. The van der Waals surface area contributed by atoms with E-state index in [4.69, 9.17) is 9.47 Å². The van der Waals surface area contributed by atoms with Gasteiger partial charge in [0.25, 0.3) is 11.5 Å². The van der Waals surface area contributed by atoms with Crippen LogP contribution >= 0.6 is 0 Å². The number of aromatic nitrogens is 2. The molecule has 1 aliphatic heterocycles. The van der Waals surface area contributed by atoms with Crippen LogP contribution in [0.5, 0.6) is 5.75 Å². The molecular formula is C26H31N3O4. The molecule has 0 aliphatic carbocycles. The van der Waals surface area contributed by atoms with Crippen LogP contribution in [0.25, 0.3) is 10.9 Å². The molecule has 1 aliphatic rings. The third-order valence-corrected chi connectivity index (χ3v) is 6.03. The maximum atomic E-state index is 13.1. The minimum Gasteiger partial charge on any atom is -0.484 e. The summed E-state index contributed by atoms with van der Waals surface area (Å²) in [5.41, 5.74) is 2.80. The van der Waals surface area contributed by atoms with Crippen molar-refractivity contribution in [2.24, 2.45) is 0 Å². The number of nitrogens with zero attached hydrogens (tertiary/aromatic N) is 2. The summed E-state index contributed by atoms with van der Waals surface area (Å²) in [4.78, 5) is 34.6. The molecule has 2 heterocycles. The first-order valence-electron chi connectivity index (χ1n) is 11.5. The summed E-state index contributed by atoms with van der Waals surface area (Å²) in [6.07, 6.45) is 1.87. The second-order valence-corrected chi connectivity index (χ2v) is 8.90. The Labute approximate surface area is 193 Å². The van der Waals surface area contributed by atoms with Crippen molar-refractivity contribution in [2.45, 2.75) is 52.2 Å². The van der Waals surface area contributed by atoms with Gasteiger partial charge in [-0.3, -0.25) is 9.59 Å². The number of ether oxygens (including phenoxy) is 2. The number of para-hydroxylation sites is 1. The average Bonchev–Trinajstić information content (AvgIpc) is 3.30. The van der Waals surface area contributed by atoms with Crippen LogP contribution in [0.1, 0.15) is 49.6 Å². The number of fused-ring (bicyclic) bond motifs is 1. The van der Waals surface area contributed by atoms with Crippen molar-refractivity contribution in [2.75, 3.05) is 19.8 Å². The molecule has 1 saturated heterocycles. The van der Waals surface area contributed by atoms with E-state index in [1.165, 1.54) is 5.56 Å². The molecule has 0 saturated carbocycles. The number of hydrogen-bond acceptors (Lipinski definition) is 5. The topological polar surface area (TPSA) is 84.5 Å². The maximum Gasteiger partial charge on any atom is 0.261 e. The minimum atomic E-state index is -0.211. The highest BCUT2D eigenvalue weighted by Gasteiger charge is 2.24. The Balaban J connectivity index is 1.49. The van der Waals surface area contributed by atoms with Gasteiger partial charge in [-0.1, -0.05) is 32.0 Å². The summed E-state index contributed by atoms with van der Waals surface area (Å²) in [6, 6.07) is 13.1. The molecule has 1 atom stereocenters. The molecule has 3 aromatic rings. The molecule has 7 heteroatoms. The van der Waals surface area contributed by atoms with Crippen LogP contribution in [0.2, 0.25) is 0 Å². The van der Waals surface area contributed by atoms with Crippen LogP contribution < -0.4 is 10.3 Å². The number of carbonyl (C=O) groups excluding carboxylic acids is 1. The third-order valence-electron chi connectivity index (χ3n) is 6.03. The van der Waals surface area contributed by atoms with E-state index >= 15 is 0 Å². The normalized spacial score (nSPS) is 15.8. The molecular weight excluding hydrogens is 418 g/mol. The van der Waals surface area contributed by atoms with Crippen LogP contribution in [0.4, 0.5) is 0 Å². The van der Waals surface area contributed by atoms with Crippen molar-refractivity contribution in [1.82, 2.24) is 14.9 Å². The van der Waals surface area contributed by atoms with E-state index in [2.05, 4.69) is 30.7 Å². The Kier molecular flexibility index (Phi) is 7.08. The zero-order valence-electron chi connectivity index (χ0n) is 19.5. The largest absolute Gasteiger partial charge is 0.484 e. The van der Waals surface area contributed by atoms with Crippen molar-refractivity contribution >= 4 is 16.8 Å². The van der Waals surface area contributed by atoms with Crippen LogP contribution in [-0.4, -0.2) is 46.6 Å². The van der Waals surface area contributed by atoms with Gasteiger partial charge in [0.2, 0.25) is 0 Å². The molecule has 1 amide bonds. The fourth-order valence-electron chi connectivity index (χ4n) is 4.30. The Morgan fingerprint density at radius 1 is 1.27 bits per heavy atom. The zero-order valence-corrected chi connectivity index (χ0v) is 19.5. The average molecular weight is 450 g/mol. The molecule has 1 unspecified atom stereocenters. The first-order valence-corrected chi connectivity index (χ1v) is 11.5. The summed E-state index contributed by atoms with van der Waals surface area (Å²) in [6.45, 7) is 7.59. The Bertz CT molecular complexity index is 1180. The highest BCUT2D eigenvalue weighted by Crippen LogP contribution is 2.23. The highest BCUT2D eigenvalue weighted by molar-refractivity contribution is 5.78. The lowest BCUT2D eigenvalue weighted by atomic mass is 9.98. The summed E-state index contributed by atoms with van der Waals surface area (Å²) in [7, 11) is 0. The van der Waals surface area contributed by atoms with E-state index in [9.17, 15) is 9.59 Å². The van der Waals surface area contributed by atoms with Crippen LogP contribution in [0.3, 0.4) is 0 Å². The van der Waals surface area contributed by atoms with Crippen LogP contribution in [0, 0.1) is 6.92 Å². The Morgan fingerprint density at radius 3 is 2.82 bits per heavy atom. The molecule has 174 valence electrons. The highest BCUT2D eigenvalue weighted by atomic mass is 16.5. The minimum absolute atomic E-state index is 0.0197. The Morgan fingerprint density at radius 2 is 2.09 bits per heavy atom. The predicted molar refractivity (Wildman–Crippen MR) is 128 cm³/mol. The van der Waals surface area contributed by atoms with Crippen molar-refractivity contribution < 1.29 is 14.3 Å².